The average molecular weight is 335 g/mol. The van der Waals surface area contributed by atoms with Crippen molar-refractivity contribution in [3.8, 4) is 0 Å². The monoisotopic (exact) mass is 334 g/mol. The van der Waals surface area contributed by atoms with Gasteiger partial charge < -0.3 is 10.2 Å². The van der Waals surface area contributed by atoms with E-state index in [1.807, 2.05) is 37.3 Å². The van der Waals surface area contributed by atoms with Crippen LogP contribution in [0.2, 0.25) is 0 Å². The maximum absolute atomic E-state index is 4.59. The fraction of sp³-hybridized carbons (Fsp3) is 0.333. The molecule has 0 spiro atoms. The minimum absolute atomic E-state index is 0.768. The molecule has 1 aromatic heterocycles. The third kappa shape index (κ3) is 3.48. The van der Waals surface area contributed by atoms with Crippen LogP contribution in [0, 0.1) is 6.92 Å². The molecule has 2 aromatic rings. The molecule has 1 heterocycles. The molecule has 0 aliphatic heterocycles. The number of nitrogens with zero attached hydrogens (tertiary/aromatic N) is 3. The SMILES string of the molecule is CCN(CC)c1nc(C)cc(Nc2ccccc2Br)n1. The predicted molar refractivity (Wildman–Crippen MR) is 87.8 cm³/mol. The molecule has 1 N–H and O–H groups in total. The van der Waals surface area contributed by atoms with Gasteiger partial charge in [-0.2, -0.15) is 4.98 Å². The van der Waals surface area contributed by atoms with Crippen molar-refractivity contribution in [1.29, 1.82) is 0 Å². The van der Waals surface area contributed by atoms with Gasteiger partial charge in [0.1, 0.15) is 5.82 Å². The molecule has 20 heavy (non-hydrogen) atoms. The standard InChI is InChI=1S/C15H19BrN4/c1-4-20(5-2)15-17-11(3)10-14(19-15)18-13-9-7-6-8-12(13)16/h6-10H,4-5H2,1-3H3,(H,17,18,19). The minimum atomic E-state index is 0.768. The van der Waals surface area contributed by atoms with Crippen molar-refractivity contribution < 1.29 is 0 Å². The van der Waals surface area contributed by atoms with Crippen molar-refractivity contribution >= 4 is 33.4 Å². The van der Waals surface area contributed by atoms with Gasteiger partial charge in [0.2, 0.25) is 5.95 Å². The quantitative estimate of drug-likeness (QED) is 0.892. The van der Waals surface area contributed by atoms with Crippen molar-refractivity contribution in [3.05, 3.63) is 40.5 Å². The van der Waals surface area contributed by atoms with Gasteiger partial charge in [0, 0.05) is 29.3 Å². The van der Waals surface area contributed by atoms with Crippen LogP contribution in [0.5, 0.6) is 0 Å². The second-order valence-electron chi connectivity index (χ2n) is 4.47. The maximum Gasteiger partial charge on any atom is 0.227 e. The summed E-state index contributed by atoms with van der Waals surface area (Å²) in [6, 6.07) is 9.95. The van der Waals surface area contributed by atoms with Crippen LogP contribution in [0.15, 0.2) is 34.8 Å². The topological polar surface area (TPSA) is 41.1 Å². The Labute approximate surface area is 128 Å². The third-order valence-electron chi connectivity index (χ3n) is 3.03. The highest BCUT2D eigenvalue weighted by Gasteiger charge is 2.09. The predicted octanol–water partition coefficient (Wildman–Crippen LogP) is 4.14. The molecule has 0 radical (unpaired) electrons. The molecule has 0 bridgehead atoms. The molecule has 0 fully saturated rings. The first-order valence-corrected chi connectivity index (χ1v) is 7.55. The first kappa shape index (κ1) is 14.8. The third-order valence-corrected chi connectivity index (χ3v) is 3.72. The number of anilines is 3. The fourth-order valence-electron chi connectivity index (χ4n) is 1.97. The molecule has 0 amide bonds. The Kier molecular flexibility index (Phi) is 4.95. The Hall–Kier alpha value is -1.62. The molecule has 1 aromatic carbocycles. The normalized spacial score (nSPS) is 10.4. The lowest BCUT2D eigenvalue weighted by atomic mass is 10.3. The number of aromatic nitrogens is 2. The van der Waals surface area contributed by atoms with Crippen LogP contribution in [0.1, 0.15) is 19.5 Å². The number of para-hydroxylation sites is 1. The molecular weight excluding hydrogens is 316 g/mol. The van der Waals surface area contributed by atoms with Gasteiger partial charge in [0.25, 0.3) is 0 Å². The summed E-state index contributed by atoms with van der Waals surface area (Å²) in [7, 11) is 0. The molecule has 0 atom stereocenters. The zero-order valence-corrected chi connectivity index (χ0v) is 13.6. The van der Waals surface area contributed by atoms with Crippen molar-refractivity contribution in [2.75, 3.05) is 23.3 Å². The van der Waals surface area contributed by atoms with Crippen molar-refractivity contribution in [1.82, 2.24) is 9.97 Å². The van der Waals surface area contributed by atoms with Crippen LogP contribution in [-0.2, 0) is 0 Å². The highest BCUT2D eigenvalue weighted by atomic mass is 79.9. The van der Waals surface area contributed by atoms with Gasteiger partial charge in [0.05, 0.1) is 5.69 Å². The zero-order chi connectivity index (χ0) is 14.5. The smallest absolute Gasteiger partial charge is 0.227 e. The first-order valence-electron chi connectivity index (χ1n) is 6.76. The molecule has 0 saturated carbocycles. The molecule has 0 aliphatic carbocycles. The molecule has 106 valence electrons. The number of hydrogen-bond donors (Lipinski definition) is 1. The van der Waals surface area contributed by atoms with Gasteiger partial charge in [-0.15, -0.1) is 0 Å². The Morgan fingerprint density at radius 2 is 1.85 bits per heavy atom. The first-order chi connectivity index (χ1) is 9.63. The number of rotatable bonds is 5. The molecule has 5 heteroatoms. The van der Waals surface area contributed by atoms with Crippen LogP contribution in [0.4, 0.5) is 17.5 Å². The van der Waals surface area contributed by atoms with Crippen molar-refractivity contribution in [2.45, 2.75) is 20.8 Å². The van der Waals surface area contributed by atoms with E-state index in [4.69, 9.17) is 0 Å². The lowest BCUT2D eigenvalue weighted by Crippen LogP contribution is -2.24. The summed E-state index contributed by atoms with van der Waals surface area (Å²) in [6.07, 6.45) is 0. The zero-order valence-electron chi connectivity index (χ0n) is 12.0. The van der Waals surface area contributed by atoms with E-state index in [9.17, 15) is 0 Å². The average Bonchev–Trinajstić information content (AvgIpc) is 2.42. The van der Waals surface area contributed by atoms with E-state index in [2.05, 4.69) is 50.0 Å². The van der Waals surface area contributed by atoms with Crippen LogP contribution in [0.3, 0.4) is 0 Å². The van der Waals surface area contributed by atoms with E-state index in [1.54, 1.807) is 0 Å². The van der Waals surface area contributed by atoms with Crippen LogP contribution in [0.25, 0.3) is 0 Å². The summed E-state index contributed by atoms with van der Waals surface area (Å²) in [5, 5.41) is 3.33. The summed E-state index contributed by atoms with van der Waals surface area (Å²) in [4.78, 5) is 11.2. The lowest BCUT2D eigenvalue weighted by Gasteiger charge is -2.19. The van der Waals surface area contributed by atoms with E-state index >= 15 is 0 Å². The molecule has 0 aliphatic rings. The van der Waals surface area contributed by atoms with Crippen molar-refractivity contribution in [3.63, 3.8) is 0 Å². The van der Waals surface area contributed by atoms with E-state index < -0.39 is 0 Å². The number of nitrogens with one attached hydrogen (secondary N) is 1. The summed E-state index contributed by atoms with van der Waals surface area (Å²) >= 11 is 3.53. The van der Waals surface area contributed by atoms with Crippen molar-refractivity contribution in [2.24, 2.45) is 0 Å². The molecular formula is C15H19BrN4. The molecule has 2 rings (SSSR count). The Bertz CT molecular complexity index is 582. The van der Waals surface area contributed by atoms with Gasteiger partial charge in [0.15, 0.2) is 0 Å². The minimum Gasteiger partial charge on any atom is -0.341 e. The highest BCUT2D eigenvalue weighted by Crippen LogP contribution is 2.25. The van der Waals surface area contributed by atoms with Crippen LogP contribution >= 0.6 is 15.9 Å². The fourth-order valence-corrected chi connectivity index (χ4v) is 2.35. The van der Waals surface area contributed by atoms with Gasteiger partial charge >= 0.3 is 0 Å². The van der Waals surface area contributed by atoms with E-state index in [1.165, 1.54) is 0 Å². The maximum atomic E-state index is 4.59. The highest BCUT2D eigenvalue weighted by molar-refractivity contribution is 9.10. The van der Waals surface area contributed by atoms with E-state index in [0.29, 0.717) is 0 Å². The Balaban J connectivity index is 2.31. The van der Waals surface area contributed by atoms with E-state index in [-0.39, 0.29) is 0 Å². The number of benzene rings is 1. The second-order valence-corrected chi connectivity index (χ2v) is 5.33. The van der Waals surface area contributed by atoms with Crippen LogP contribution in [-0.4, -0.2) is 23.1 Å². The summed E-state index contributed by atoms with van der Waals surface area (Å²) in [5.74, 6) is 1.58. The number of aryl methyl sites for hydroxylation is 1. The summed E-state index contributed by atoms with van der Waals surface area (Å²) in [6.45, 7) is 7.99. The summed E-state index contributed by atoms with van der Waals surface area (Å²) < 4.78 is 1.01. The molecule has 4 nitrogen and oxygen atoms in total. The lowest BCUT2D eigenvalue weighted by molar-refractivity contribution is 0.817. The molecule has 0 saturated heterocycles. The van der Waals surface area contributed by atoms with E-state index in [0.717, 1.165) is 40.7 Å². The largest absolute Gasteiger partial charge is 0.341 e. The summed E-state index contributed by atoms with van der Waals surface area (Å²) in [5.41, 5.74) is 1.95. The second kappa shape index (κ2) is 6.70. The Morgan fingerprint density at radius 1 is 1.15 bits per heavy atom. The van der Waals surface area contributed by atoms with Gasteiger partial charge in [-0.3, -0.25) is 0 Å². The Morgan fingerprint density at radius 3 is 2.50 bits per heavy atom. The number of halogens is 1. The van der Waals surface area contributed by atoms with Crippen LogP contribution < -0.4 is 10.2 Å². The molecule has 0 unspecified atom stereocenters. The van der Waals surface area contributed by atoms with Gasteiger partial charge in [-0.25, -0.2) is 4.98 Å². The van der Waals surface area contributed by atoms with Gasteiger partial charge in [-0.05, 0) is 48.8 Å². The number of hydrogen-bond acceptors (Lipinski definition) is 4. The van der Waals surface area contributed by atoms with Gasteiger partial charge in [-0.1, -0.05) is 12.1 Å².